The fraction of sp³-hybridized carbons (Fsp3) is 0.295. The second-order valence-electron chi connectivity index (χ2n) is 25.6. The Morgan fingerprint density at radius 1 is 0.387 bits per heavy atom. The molecule has 18 heteroatoms. The van der Waals surface area contributed by atoms with E-state index in [4.69, 9.17) is 25.8 Å². The van der Waals surface area contributed by atoms with Crippen LogP contribution in [0.3, 0.4) is 0 Å². The fourth-order valence-corrected chi connectivity index (χ4v) is 11.8. The summed E-state index contributed by atoms with van der Waals surface area (Å²) in [5.41, 5.74) is 17.2. The number of hydrogen-bond donors (Lipinski definition) is 5. The number of nitrogens with one attached hydrogen (secondary N) is 5. The number of ether oxygens (including phenoxy) is 3. The molecular formula is C88H102ClFN8O8. The standard InChI is InChI=1S/C19H24N2O2.C19H23NO3.C18H20FNO.C16H17ClN2O.C16H18N2O/c1-5-15-11-16(23-4)7-8-17(15)18-9-6-14(12-21-18)10-19(20-3)13(2)22;1-13(21)18(20-2)11-14-5-7-15(8-6-14)17-10-9-16(22-3)12-19(17)23-4;1-12-16(5-4-6-17(12)19)15-9-7-14(8-10-15)11-18(20-3)13(2)21;1-11(20)16(18-2)9-12-3-8-15(19-10-12)13-4-6-14(17)7-5-13;1-12(19)16(17-2)10-13-8-9-15(18-11-13)14-6-4-3-5-7-14/h6-9,11-12,19-20H,5,10H2,1-4H3;5-10,12,18,20H,11H2,1-4H3;4-10,18,20H,11H2,1-3H3;3-8,10,16,18H,9H2,1-2H3;3-9,11,16-17H,10H2,1-2H3/t19-;2*18-;2*16-/m00000/s1. The first-order valence-corrected chi connectivity index (χ1v) is 35.8. The highest BCUT2D eigenvalue weighted by Crippen LogP contribution is 2.34. The number of hydrogen-bond acceptors (Lipinski definition) is 16. The number of carbonyl (C=O) groups is 5. The van der Waals surface area contributed by atoms with Crippen LogP contribution in [0.4, 0.5) is 4.39 Å². The van der Waals surface area contributed by atoms with Gasteiger partial charge in [0.1, 0.15) is 52.0 Å². The first-order chi connectivity index (χ1) is 51.0. The molecule has 5 N–H and O–H groups in total. The normalized spacial score (nSPS) is 12.0. The summed E-state index contributed by atoms with van der Waals surface area (Å²) in [5, 5.41) is 15.8. The Labute approximate surface area is 630 Å². The number of carbonyl (C=O) groups excluding carboxylic acids is 5. The van der Waals surface area contributed by atoms with E-state index in [1.54, 1.807) is 97.1 Å². The molecule has 0 aliphatic heterocycles. The number of benzene rings is 7. The minimum Gasteiger partial charge on any atom is -0.497 e. The molecule has 556 valence electrons. The number of halogens is 2. The lowest BCUT2D eigenvalue weighted by Crippen LogP contribution is -2.34. The molecule has 10 rings (SSSR count). The number of ketones is 5. The first kappa shape index (κ1) is 84.7. The topological polar surface area (TPSA) is 212 Å². The van der Waals surface area contributed by atoms with Crippen molar-refractivity contribution < 1.29 is 42.6 Å². The van der Waals surface area contributed by atoms with Crippen LogP contribution in [0.25, 0.3) is 56.0 Å². The average molecular weight is 1450 g/mol. The zero-order valence-corrected chi connectivity index (χ0v) is 64.5. The molecule has 0 fully saturated rings. The third kappa shape index (κ3) is 26.1. The summed E-state index contributed by atoms with van der Waals surface area (Å²) < 4.78 is 29.6. The van der Waals surface area contributed by atoms with Gasteiger partial charge in [-0.2, -0.15) is 0 Å². The van der Waals surface area contributed by atoms with Crippen LogP contribution in [0.15, 0.2) is 213 Å². The molecule has 0 aliphatic rings. The zero-order chi connectivity index (χ0) is 77.2. The molecular weight excluding hydrogens is 1350 g/mol. The van der Waals surface area contributed by atoms with E-state index in [-0.39, 0.29) is 64.9 Å². The van der Waals surface area contributed by atoms with Gasteiger partial charge >= 0.3 is 0 Å². The van der Waals surface area contributed by atoms with Crippen LogP contribution in [0.1, 0.15) is 80.5 Å². The van der Waals surface area contributed by atoms with Gasteiger partial charge in [-0.1, -0.05) is 140 Å². The number of rotatable bonds is 29. The van der Waals surface area contributed by atoms with E-state index in [0.29, 0.717) is 42.7 Å². The van der Waals surface area contributed by atoms with Crippen molar-refractivity contribution in [2.75, 3.05) is 56.6 Å². The van der Waals surface area contributed by atoms with Crippen LogP contribution in [-0.2, 0) is 62.5 Å². The maximum Gasteiger partial charge on any atom is 0.147 e. The van der Waals surface area contributed by atoms with Crippen LogP contribution >= 0.6 is 11.6 Å². The van der Waals surface area contributed by atoms with Crippen LogP contribution in [0.2, 0.25) is 5.02 Å². The zero-order valence-electron chi connectivity index (χ0n) is 63.7. The summed E-state index contributed by atoms with van der Waals surface area (Å²) in [6.45, 7) is 11.9. The summed E-state index contributed by atoms with van der Waals surface area (Å²) in [6, 6.07) is 62.0. The van der Waals surface area contributed by atoms with Gasteiger partial charge in [0, 0.05) is 51.9 Å². The van der Waals surface area contributed by atoms with Crippen molar-refractivity contribution in [3.05, 3.63) is 262 Å². The number of aromatic nitrogens is 3. The molecule has 7 aromatic carbocycles. The Kier molecular flexibility index (Phi) is 35.1. The Morgan fingerprint density at radius 2 is 0.745 bits per heavy atom. The van der Waals surface area contributed by atoms with Crippen molar-refractivity contribution in [3.63, 3.8) is 0 Å². The highest BCUT2D eigenvalue weighted by molar-refractivity contribution is 6.30. The largest absolute Gasteiger partial charge is 0.497 e. The fourth-order valence-electron chi connectivity index (χ4n) is 11.6. The minimum absolute atomic E-state index is 0.127. The monoisotopic (exact) mass is 1450 g/mol. The molecule has 5 atom stereocenters. The van der Waals surface area contributed by atoms with Crippen LogP contribution in [0, 0.1) is 12.7 Å². The van der Waals surface area contributed by atoms with E-state index in [1.165, 1.54) is 11.6 Å². The molecule has 3 heterocycles. The van der Waals surface area contributed by atoms with Crippen molar-refractivity contribution in [1.82, 2.24) is 41.5 Å². The van der Waals surface area contributed by atoms with Gasteiger partial charge in [-0.15, -0.1) is 0 Å². The van der Waals surface area contributed by atoms with E-state index in [0.717, 1.165) is 108 Å². The Morgan fingerprint density at radius 3 is 1.11 bits per heavy atom. The summed E-state index contributed by atoms with van der Waals surface area (Å²) in [6.07, 6.45) is 9.76. The molecule has 0 spiro atoms. The molecule has 0 saturated heterocycles. The molecule has 0 amide bonds. The van der Waals surface area contributed by atoms with Gasteiger partial charge in [0.25, 0.3) is 0 Å². The first-order valence-electron chi connectivity index (χ1n) is 35.4. The summed E-state index contributed by atoms with van der Waals surface area (Å²) in [4.78, 5) is 70.8. The van der Waals surface area contributed by atoms with Crippen molar-refractivity contribution >= 4 is 40.5 Å². The van der Waals surface area contributed by atoms with E-state index in [2.05, 4.69) is 54.5 Å². The lowest BCUT2D eigenvalue weighted by molar-refractivity contribution is -0.119. The maximum absolute atomic E-state index is 13.6. The van der Waals surface area contributed by atoms with E-state index in [9.17, 15) is 28.4 Å². The average Bonchev–Trinajstić information content (AvgIpc) is 0.855. The quantitative estimate of drug-likeness (QED) is 0.0295. The third-order valence-electron chi connectivity index (χ3n) is 18.3. The van der Waals surface area contributed by atoms with Crippen molar-refractivity contribution in [2.45, 2.75) is 117 Å². The Hall–Kier alpha value is -10.2. The van der Waals surface area contributed by atoms with E-state index < -0.39 is 0 Å². The summed E-state index contributed by atoms with van der Waals surface area (Å²) >= 11 is 5.87. The van der Waals surface area contributed by atoms with Crippen molar-refractivity contribution in [3.8, 4) is 73.3 Å². The molecule has 0 bridgehead atoms. The number of nitrogens with zero attached hydrogens (tertiary/aromatic N) is 3. The Bertz CT molecular complexity index is 4280. The van der Waals surface area contributed by atoms with Crippen LogP contribution < -0.4 is 40.8 Å². The molecule has 10 aromatic rings. The number of aryl methyl sites for hydroxylation is 1. The lowest BCUT2D eigenvalue weighted by atomic mass is 9.97. The predicted molar refractivity (Wildman–Crippen MR) is 428 cm³/mol. The molecule has 106 heavy (non-hydrogen) atoms. The second-order valence-corrected chi connectivity index (χ2v) is 26.0. The minimum atomic E-state index is -0.191. The highest BCUT2D eigenvalue weighted by Gasteiger charge is 2.19. The molecule has 3 aromatic heterocycles. The summed E-state index contributed by atoms with van der Waals surface area (Å²) in [7, 11) is 14.0. The number of Topliss-reactive ketones (excluding diaryl/α,β-unsaturated/α-hetero) is 5. The van der Waals surface area contributed by atoms with Gasteiger partial charge in [0.05, 0.1) is 68.6 Å². The number of pyridine rings is 3. The summed E-state index contributed by atoms with van der Waals surface area (Å²) in [5.74, 6) is 2.90. The Balaban J connectivity index is 0.000000208. The second kappa shape index (κ2) is 43.9. The van der Waals surface area contributed by atoms with Gasteiger partial charge < -0.3 is 40.8 Å². The van der Waals surface area contributed by atoms with E-state index >= 15 is 0 Å². The SMILES string of the molecule is CCc1cc(OC)ccc1-c1ccc(C[C@H](NC)C(C)=O)cn1.CN[C@@H](Cc1ccc(-c2ccc(Cl)cc2)nc1)C(C)=O.CN[C@@H](Cc1ccc(-c2ccc(OC)cc2OC)cc1)C(C)=O.CN[C@@H](Cc1ccc(-c2cccc(F)c2C)cc1)C(C)=O.CN[C@@H](Cc1ccc(-c2ccccc2)nc1)C(C)=O. The van der Waals surface area contributed by atoms with Crippen molar-refractivity contribution in [1.29, 1.82) is 0 Å². The predicted octanol–water partition coefficient (Wildman–Crippen LogP) is 15.2. The van der Waals surface area contributed by atoms with Gasteiger partial charge in [-0.05, 0) is 238 Å². The molecule has 0 unspecified atom stereocenters. The smallest absolute Gasteiger partial charge is 0.147 e. The molecule has 16 nitrogen and oxygen atoms in total. The number of likely N-dealkylation sites (N-methyl/N-ethyl adjacent to an activating group) is 5. The number of methoxy groups -OCH3 is 3. The van der Waals surface area contributed by atoms with Crippen LogP contribution in [0.5, 0.6) is 17.2 Å². The maximum atomic E-state index is 13.6. The molecule has 0 saturated carbocycles. The van der Waals surface area contributed by atoms with Gasteiger partial charge in [-0.3, -0.25) is 38.9 Å². The molecule has 0 radical (unpaired) electrons. The lowest BCUT2D eigenvalue weighted by Gasteiger charge is -2.14. The highest BCUT2D eigenvalue weighted by atomic mass is 35.5. The van der Waals surface area contributed by atoms with Crippen molar-refractivity contribution in [2.24, 2.45) is 0 Å². The van der Waals surface area contributed by atoms with Gasteiger partial charge in [0.2, 0.25) is 0 Å². The van der Waals surface area contributed by atoms with Gasteiger partial charge in [-0.25, -0.2) is 4.39 Å². The van der Waals surface area contributed by atoms with E-state index in [1.807, 2.05) is 202 Å². The third-order valence-corrected chi connectivity index (χ3v) is 18.5. The van der Waals surface area contributed by atoms with Crippen LogP contribution in [-0.4, -0.2) is 131 Å². The molecule has 0 aliphatic carbocycles. The van der Waals surface area contributed by atoms with Gasteiger partial charge in [0.15, 0.2) is 0 Å².